The minimum Gasteiger partial charge on any atom is -0.341 e. The van der Waals surface area contributed by atoms with Crippen LogP contribution >= 0.6 is 0 Å². The molecule has 2 atom stereocenters. The van der Waals surface area contributed by atoms with E-state index in [0.29, 0.717) is 28.7 Å². The van der Waals surface area contributed by atoms with E-state index in [2.05, 4.69) is 15.7 Å². The third-order valence-corrected chi connectivity index (χ3v) is 6.46. The molecule has 0 radical (unpaired) electrons. The number of ketones is 1. The van der Waals surface area contributed by atoms with Crippen molar-refractivity contribution in [1.29, 1.82) is 0 Å². The van der Waals surface area contributed by atoms with E-state index in [1.807, 2.05) is 44.2 Å². The van der Waals surface area contributed by atoms with Crippen LogP contribution in [0.25, 0.3) is 11.1 Å². The van der Waals surface area contributed by atoms with Crippen molar-refractivity contribution in [3.63, 3.8) is 0 Å². The van der Waals surface area contributed by atoms with E-state index < -0.39 is 6.04 Å². The quantitative estimate of drug-likeness (QED) is 0.529. The Bertz CT molecular complexity index is 1170. The molecule has 0 spiro atoms. The third-order valence-electron chi connectivity index (χ3n) is 6.46. The number of Topliss-reactive ketones (excluding diaryl/α,β-unsaturated/α-hetero) is 1. The Morgan fingerprint density at radius 2 is 1.88 bits per heavy atom. The summed E-state index contributed by atoms with van der Waals surface area (Å²) in [7, 11) is 1.77. The largest absolute Gasteiger partial charge is 0.341 e. The smallest absolute Gasteiger partial charge is 0.237 e. The predicted octanol–water partition coefficient (Wildman–Crippen LogP) is 4.07. The van der Waals surface area contributed by atoms with Gasteiger partial charge in [0.05, 0.1) is 12.5 Å². The maximum Gasteiger partial charge on any atom is 0.237 e. The van der Waals surface area contributed by atoms with E-state index in [-0.39, 0.29) is 35.9 Å². The van der Waals surface area contributed by atoms with Crippen molar-refractivity contribution in [2.45, 2.75) is 51.1 Å². The minimum atomic E-state index is -0.990. The maximum atomic E-state index is 15.9. The number of carbonyl (C=O) groups is 2. The molecule has 7 heteroatoms. The third kappa shape index (κ3) is 4.94. The molecule has 3 aromatic rings. The van der Waals surface area contributed by atoms with E-state index in [0.717, 1.165) is 18.7 Å². The van der Waals surface area contributed by atoms with Crippen LogP contribution in [0.3, 0.4) is 0 Å². The SMILES string of the molecule is CC(C)c1ccc([C@H](NC(=O)[C@@H]2CCCN2)C(=O)Cc2ccnn2C)c(-c2ccccc2)c1F. The first-order valence-electron chi connectivity index (χ1n) is 11.8. The fourth-order valence-electron chi connectivity index (χ4n) is 4.53. The number of hydrogen-bond acceptors (Lipinski definition) is 4. The zero-order valence-electron chi connectivity index (χ0n) is 19.8. The molecule has 178 valence electrons. The van der Waals surface area contributed by atoms with Crippen LogP contribution < -0.4 is 10.6 Å². The molecule has 1 saturated heterocycles. The van der Waals surface area contributed by atoms with Crippen LogP contribution in [0.5, 0.6) is 0 Å². The summed E-state index contributed by atoms with van der Waals surface area (Å²) < 4.78 is 17.6. The highest BCUT2D eigenvalue weighted by atomic mass is 19.1. The van der Waals surface area contributed by atoms with Gasteiger partial charge in [0.1, 0.15) is 11.9 Å². The average Bonchev–Trinajstić information content (AvgIpc) is 3.50. The second-order valence-corrected chi connectivity index (χ2v) is 9.13. The fourth-order valence-corrected chi connectivity index (χ4v) is 4.53. The molecular weight excluding hydrogens is 431 g/mol. The van der Waals surface area contributed by atoms with E-state index in [1.165, 1.54) is 0 Å². The number of nitrogens with zero attached hydrogens (tertiary/aromatic N) is 2. The monoisotopic (exact) mass is 462 g/mol. The van der Waals surface area contributed by atoms with E-state index in [1.54, 1.807) is 36.1 Å². The molecule has 1 aliphatic heterocycles. The van der Waals surface area contributed by atoms with Crippen molar-refractivity contribution in [2.75, 3.05) is 6.54 Å². The van der Waals surface area contributed by atoms with Crippen LogP contribution in [0, 0.1) is 5.82 Å². The highest BCUT2D eigenvalue weighted by molar-refractivity contribution is 5.94. The number of hydrogen-bond donors (Lipinski definition) is 2. The lowest BCUT2D eigenvalue weighted by molar-refractivity contribution is -0.128. The van der Waals surface area contributed by atoms with Gasteiger partial charge in [-0.2, -0.15) is 5.10 Å². The summed E-state index contributed by atoms with van der Waals surface area (Å²) in [5.74, 6) is -0.848. The van der Waals surface area contributed by atoms with Gasteiger partial charge in [0.15, 0.2) is 5.78 Å². The van der Waals surface area contributed by atoms with Crippen molar-refractivity contribution in [3.05, 3.63) is 77.4 Å². The topological polar surface area (TPSA) is 76.0 Å². The molecule has 4 rings (SSSR count). The van der Waals surface area contributed by atoms with Gasteiger partial charge in [-0.05, 0) is 48.1 Å². The van der Waals surface area contributed by atoms with Crippen molar-refractivity contribution in [1.82, 2.24) is 20.4 Å². The van der Waals surface area contributed by atoms with Crippen LogP contribution in [0.2, 0.25) is 0 Å². The van der Waals surface area contributed by atoms with E-state index >= 15 is 4.39 Å². The van der Waals surface area contributed by atoms with Crippen molar-refractivity contribution in [3.8, 4) is 11.1 Å². The summed E-state index contributed by atoms with van der Waals surface area (Å²) in [5, 5.41) is 10.3. The molecule has 0 bridgehead atoms. The van der Waals surface area contributed by atoms with Crippen LogP contribution in [0.15, 0.2) is 54.7 Å². The number of aromatic nitrogens is 2. The molecule has 2 heterocycles. The molecule has 0 unspecified atom stereocenters. The van der Waals surface area contributed by atoms with E-state index in [9.17, 15) is 9.59 Å². The minimum absolute atomic E-state index is 0.0302. The predicted molar refractivity (Wildman–Crippen MR) is 130 cm³/mol. The molecular formula is C27H31FN4O2. The maximum absolute atomic E-state index is 15.9. The number of aryl methyl sites for hydroxylation is 1. The van der Waals surface area contributed by atoms with Gasteiger partial charge < -0.3 is 10.6 Å². The number of rotatable bonds is 8. The number of amides is 1. The summed E-state index contributed by atoms with van der Waals surface area (Å²) >= 11 is 0. The Labute approximate surface area is 199 Å². The average molecular weight is 463 g/mol. The van der Waals surface area contributed by atoms with Crippen LogP contribution in [0.1, 0.15) is 55.5 Å². The van der Waals surface area contributed by atoms with Gasteiger partial charge in [-0.25, -0.2) is 4.39 Å². The van der Waals surface area contributed by atoms with Crippen LogP contribution in [0.4, 0.5) is 4.39 Å². The summed E-state index contributed by atoms with van der Waals surface area (Å²) in [6.45, 7) is 4.63. The molecule has 34 heavy (non-hydrogen) atoms. The summed E-state index contributed by atoms with van der Waals surface area (Å²) in [4.78, 5) is 26.7. The number of carbonyl (C=O) groups excluding carboxylic acids is 2. The van der Waals surface area contributed by atoms with Gasteiger partial charge in [0, 0.05) is 24.5 Å². The molecule has 2 N–H and O–H groups in total. The van der Waals surface area contributed by atoms with Crippen molar-refractivity contribution in [2.24, 2.45) is 7.05 Å². The van der Waals surface area contributed by atoms with Gasteiger partial charge >= 0.3 is 0 Å². The second kappa shape index (κ2) is 10.3. The zero-order valence-corrected chi connectivity index (χ0v) is 19.8. The van der Waals surface area contributed by atoms with Crippen LogP contribution in [-0.2, 0) is 23.1 Å². The molecule has 1 aromatic heterocycles. The van der Waals surface area contributed by atoms with Gasteiger partial charge in [0.2, 0.25) is 5.91 Å². The molecule has 1 fully saturated rings. The normalized spacial score (nSPS) is 16.6. The molecule has 0 aliphatic carbocycles. The first-order chi connectivity index (χ1) is 16.4. The molecule has 0 saturated carbocycles. The highest BCUT2D eigenvalue weighted by Crippen LogP contribution is 2.36. The van der Waals surface area contributed by atoms with Crippen LogP contribution in [-0.4, -0.2) is 34.1 Å². The lowest BCUT2D eigenvalue weighted by atomic mass is 9.87. The molecule has 6 nitrogen and oxygen atoms in total. The lowest BCUT2D eigenvalue weighted by Gasteiger charge is -2.25. The summed E-state index contributed by atoms with van der Waals surface area (Å²) in [5.41, 5.74) is 2.79. The Kier molecular flexibility index (Phi) is 7.22. The summed E-state index contributed by atoms with van der Waals surface area (Å²) in [6.07, 6.45) is 3.31. The molecule has 1 amide bonds. The Morgan fingerprint density at radius 1 is 1.15 bits per heavy atom. The Morgan fingerprint density at radius 3 is 2.50 bits per heavy atom. The van der Waals surface area contributed by atoms with Crippen molar-refractivity contribution < 1.29 is 14.0 Å². The van der Waals surface area contributed by atoms with Gasteiger partial charge in [-0.15, -0.1) is 0 Å². The molecule has 2 aromatic carbocycles. The first kappa shape index (κ1) is 23.8. The number of halogens is 1. The second-order valence-electron chi connectivity index (χ2n) is 9.13. The molecule has 1 aliphatic rings. The zero-order chi connectivity index (χ0) is 24.2. The highest BCUT2D eigenvalue weighted by Gasteiger charge is 2.32. The number of nitrogens with one attached hydrogen (secondary N) is 2. The lowest BCUT2D eigenvalue weighted by Crippen LogP contribution is -2.44. The number of benzene rings is 2. The van der Waals surface area contributed by atoms with Crippen molar-refractivity contribution >= 4 is 11.7 Å². The van der Waals surface area contributed by atoms with Gasteiger partial charge in [-0.3, -0.25) is 14.3 Å². The fraction of sp³-hybridized carbons (Fsp3) is 0.370. The van der Waals surface area contributed by atoms with Gasteiger partial charge in [0.25, 0.3) is 0 Å². The van der Waals surface area contributed by atoms with Gasteiger partial charge in [-0.1, -0.05) is 56.3 Å². The Hall–Kier alpha value is -3.32. The first-order valence-corrected chi connectivity index (χ1v) is 11.8. The van der Waals surface area contributed by atoms with E-state index in [4.69, 9.17) is 0 Å². The standard InChI is InChI=1S/C27H31FN4O2/c1-17(2)20-11-12-21(24(25(20)28)18-8-5-4-6-9-18)26(31-27(34)22-10-7-14-29-22)23(33)16-19-13-15-30-32(19)3/h4-6,8-9,11-13,15,17,22,26,29H,7,10,14,16H2,1-3H3,(H,31,34)/t22-,26-/m0/s1. The Balaban J connectivity index is 1.81. The summed E-state index contributed by atoms with van der Waals surface area (Å²) in [6, 6.07) is 13.2.